The number of benzene rings is 1. The van der Waals surface area contributed by atoms with Gasteiger partial charge < -0.3 is 15.8 Å². The highest BCUT2D eigenvalue weighted by molar-refractivity contribution is 5.80. The largest absolute Gasteiger partial charge is 0.494 e. The van der Waals surface area contributed by atoms with Crippen molar-refractivity contribution in [3.63, 3.8) is 0 Å². The smallest absolute Gasteiger partial charge is 0.236 e. The summed E-state index contributed by atoms with van der Waals surface area (Å²) in [5.41, 5.74) is 6.03. The van der Waals surface area contributed by atoms with Crippen LogP contribution in [0.1, 0.15) is 12.5 Å². The number of nitrogens with two attached hydrogens (primary N) is 1. The number of hydrogen-bond donors (Lipinski definition) is 2. The van der Waals surface area contributed by atoms with E-state index in [2.05, 4.69) is 5.32 Å². The number of methoxy groups -OCH3 is 1. The zero-order chi connectivity index (χ0) is 12.1. The minimum absolute atomic E-state index is 0.183. The predicted molar refractivity (Wildman–Crippen MR) is 58.4 cm³/mol. The fourth-order valence-electron chi connectivity index (χ4n) is 1.17. The molecule has 0 aromatic heterocycles. The fourth-order valence-corrected chi connectivity index (χ4v) is 1.17. The van der Waals surface area contributed by atoms with Gasteiger partial charge in [0.1, 0.15) is 0 Å². The van der Waals surface area contributed by atoms with Crippen molar-refractivity contribution >= 4 is 5.91 Å². The summed E-state index contributed by atoms with van der Waals surface area (Å²) in [6.07, 6.45) is 0. The number of halogens is 1. The molecule has 0 aliphatic carbocycles. The maximum Gasteiger partial charge on any atom is 0.236 e. The van der Waals surface area contributed by atoms with Gasteiger partial charge in [-0.2, -0.15) is 0 Å². The van der Waals surface area contributed by atoms with E-state index in [0.29, 0.717) is 5.56 Å². The van der Waals surface area contributed by atoms with E-state index in [9.17, 15) is 9.18 Å². The van der Waals surface area contributed by atoms with Gasteiger partial charge in [-0.05, 0) is 24.6 Å². The van der Waals surface area contributed by atoms with Gasteiger partial charge >= 0.3 is 0 Å². The van der Waals surface area contributed by atoms with Crippen LogP contribution in [-0.2, 0) is 11.3 Å². The highest BCUT2D eigenvalue weighted by atomic mass is 19.1. The van der Waals surface area contributed by atoms with Gasteiger partial charge in [0.2, 0.25) is 5.91 Å². The summed E-state index contributed by atoms with van der Waals surface area (Å²) in [5.74, 6) is -0.534. The Morgan fingerprint density at radius 1 is 1.62 bits per heavy atom. The lowest BCUT2D eigenvalue weighted by molar-refractivity contribution is -0.122. The van der Waals surface area contributed by atoms with E-state index in [1.54, 1.807) is 13.0 Å². The molecule has 0 unspecified atom stereocenters. The zero-order valence-corrected chi connectivity index (χ0v) is 9.29. The SMILES string of the molecule is COc1ccc(CNC(=O)[C@@H](C)N)cc1F. The number of nitrogens with one attached hydrogen (secondary N) is 1. The second kappa shape index (κ2) is 5.46. The molecule has 0 spiro atoms. The molecule has 0 aliphatic rings. The maximum absolute atomic E-state index is 13.3. The highest BCUT2D eigenvalue weighted by Crippen LogP contribution is 2.17. The molecule has 1 aromatic rings. The lowest BCUT2D eigenvalue weighted by Gasteiger charge is -2.08. The van der Waals surface area contributed by atoms with E-state index in [1.165, 1.54) is 19.2 Å². The predicted octanol–water partition coefficient (Wildman–Crippen LogP) is 0.798. The molecule has 1 aromatic carbocycles. The van der Waals surface area contributed by atoms with Gasteiger partial charge in [-0.1, -0.05) is 6.07 Å². The third-order valence-electron chi connectivity index (χ3n) is 2.10. The van der Waals surface area contributed by atoms with Crippen molar-refractivity contribution in [1.29, 1.82) is 0 Å². The Labute approximate surface area is 93.6 Å². The summed E-state index contributed by atoms with van der Waals surface area (Å²) in [6, 6.07) is 3.95. The van der Waals surface area contributed by atoms with Gasteiger partial charge in [0.25, 0.3) is 0 Å². The Bertz CT molecular complexity index is 380. The topological polar surface area (TPSA) is 64.3 Å². The number of hydrogen-bond acceptors (Lipinski definition) is 3. The van der Waals surface area contributed by atoms with E-state index >= 15 is 0 Å². The van der Waals surface area contributed by atoms with Crippen molar-refractivity contribution in [3.05, 3.63) is 29.6 Å². The number of carbonyl (C=O) groups excluding carboxylic acids is 1. The van der Waals surface area contributed by atoms with Crippen molar-refractivity contribution in [1.82, 2.24) is 5.32 Å². The van der Waals surface area contributed by atoms with E-state index in [4.69, 9.17) is 10.5 Å². The van der Waals surface area contributed by atoms with Gasteiger partial charge in [-0.15, -0.1) is 0 Å². The van der Waals surface area contributed by atoms with Crippen LogP contribution in [0.3, 0.4) is 0 Å². The average Bonchev–Trinajstić information content (AvgIpc) is 2.25. The molecule has 5 heteroatoms. The van der Waals surface area contributed by atoms with E-state index in [1.807, 2.05) is 0 Å². The molecule has 0 heterocycles. The Hall–Kier alpha value is -1.62. The number of ether oxygens (including phenoxy) is 1. The third kappa shape index (κ3) is 3.20. The Morgan fingerprint density at radius 3 is 2.81 bits per heavy atom. The van der Waals surface area contributed by atoms with Crippen LogP contribution in [-0.4, -0.2) is 19.1 Å². The van der Waals surface area contributed by atoms with Crippen molar-refractivity contribution < 1.29 is 13.9 Å². The summed E-state index contributed by atoms with van der Waals surface area (Å²) in [4.78, 5) is 11.2. The van der Waals surface area contributed by atoms with Crippen molar-refractivity contribution in [2.45, 2.75) is 19.5 Å². The minimum atomic E-state index is -0.567. The van der Waals surface area contributed by atoms with Crippen molar-refractivity contribution in [3.8, 4) is 5.75 Å². The number of carbonyl (C=O) groups is 1. The molecular formula is C11H15FN2O2. The summed E-state index contributed by atoms with van der Waals surface area (Å²) < 4.78 is 18.1. The van der Waals surface area contributed by atoms with Crippen LogP contribution in [0, 0.1) is 5.82 Å². The molecule has 0 fully saturated rings. The fraction of sp³-hybridized carbons (Fsp3) is 0.364. The first-order chi connectivity index (χ1) is 7.54. The normalized spacial score (nSPS) is 12.0. The molecule has 88 valence electrons. The van der Waals surface area contributed by atoms with Gasteiger partial charge in [0.15, 0.2) is 11.6 Å². The highest BCUT2D eigenvalue weighted by Gasteiger charge is 2.07. The van der Waals surface area contributed by atoms with Crippen LogP contribution in [0.2, 0.25) is 0 Å². The minimum Gasteiger partial charge on any atom is -0.494 e. The summed E-state index contributed by atoms with van der Waals surface area (Å²) >= 11 is 0. The van der Waals surface area contributed by atoms with Crippen LogP contribution >= 0.6 is 0 Å². The molecule has 0 saturated heterocycles. The van der Waals surface area contributed by atoms with Crippen LogP contribution < -0.4 is 15.8 Å². The lowest BCUT2D eigenvalue weighted by atomic mass is 10.2. The van der Waals surface area contributed by atoms with Gasteiger partial charge in [-0.25, -0.2) is 4.39 Å². The van der Waals surface area contributed by atoms with Crippen LogP contribution in [0.4, 0.5) is 4.39 Å². The second-order valence-corrected chi connectivity index (χ2v) is 3.48. The maximum atomic E-state index is 13.3. The van der Waals surface area contributed by atoms with Crippen LogP contribution in [0.15, 0.2) is 18.2 Å². The zero-order valence-electron chi connectivity index (χ0n) is 9.29. The standard InChI is InChI=1S/C11H15FN2O2/c1-7(13)11(15)14-6-8-3-4-10(16-2)9(12)5-8/h3-5,7H,6,13H2,1-2H3,(H,14,15)/t7-/m1/s1. The molecule has 3 N–H and O–H groups in total. The summed E-state index contributed by atoms with van der Waals surface area (Å²) in [6.45, 7) is 1.84. The molecular weight excluding hydrogens is 211 g/mol. The number of rotatable bonds is 4. The van der Waals surface area contributed by atoms with E-state index in [-0.39, 0.29) is 18.2 Å². The van der Waals surface area contributed by atoms with Gasteiger partial charge in [0.05, 0.1) is 13.2 Å². The molecule has 1 atom stereocenters. The molecule has 0 radical (unpaired) electrons. The molecule has 0 bridgehead atoms. The first-order valence-electron chi connectivity index (χ1n) is 4.90. The molecule has 0 aliphatic heterocycles. The Morgan fingerprint density at radius 2 is 2.31 bits per heavy atom. The molecule has 1 amide bonds. The molecule has 4 nitrogen and oxygen atoms in total. The summed E-state index contributed by atoms with van der Waals surface area (Å²) in [5, 5.41) is 2.59. The average molecular weight is 226 g/mol. The summed E-state index contributed by atoms with van der Waals surface area (Å²) in [7, 11) is 1.40. The number of amides is 1. The van der Waals surface area contributed by atoms with Crippen molar-refractivity contribution in [2.75, 3.05) is 7.11 Å². The van der Waals surface area contributed by atoms with Gasteiger partial charge in [-0.3, -0.25) is 4.79 Å². The Kier molecular flexibility index (Phi) is 4.25. The van der Waals surface area contributed by atoms with Crippen molar-refractivity contribution in [2.24, 2.45) is 5.73 Å². The van der Waals surface area contributed by atoms with E-state index < -0.39 is 11.9 Å². The van der Waals surface area contributed by atoms with E-state index in [0.717, 1.165) is 0 Å². The van der Waals surface area contributed by atoms with Crippen LogP contribution in [0.25, 0.3) is 0 Å². The van der Waals surface area contributed by atoms with Gasteiger partial charge in [0, 0.05) is 6.54 Å². The third-order valence-corrected chi connectivity index (χ3v) is 2.10. The Balaban J connectivity index is 2.62. The molecule has 0 saturated carbocycles. The monoisotopic (exact) mass is 226 g/mol. The first kappa shape index (κ1) is 12.4. The molecule has 16 heavy (non-hydrogen) atoms. The molecule has 1 rings (SSSR count). The quantitative estimate of drug-likeness (QED) is 0.798. The van der Waals surface area contributed by atoms with Crippen LogP contribution in [0.5, 0.6) is 5.75 Å². The second-order valence-electron chi connectivity index (χ2n) is 3.48. The first-order valence-corrected chi connectivity index (χ1v) is 4.90. The lowest BCUT2D eigenvalue weighted by Crippen LogP contribution is -2.37.